The first-order valence-electron chi connectivity index (χ1n) is 26.8. The number of amides is 7. The standard InChI is InChI=1S/C56H73BF2N8O14/c1-52(2,3)77-47(71)40-35(58)20-19-32(43(40)75-13)25-39(57-80-38-27-33-26-37(55(33,10)11)56(38,12)81-57)62-44(68)42(41-36(59)28-34(29-61-41)76-30-31-17-15-14-16-18-31)63-49(72)67-24-23-66(45(69)46(67)70)22-21-60-48(64-50(73)78-53(4,5)6)65-51(74)79-54(7,8)9/h14-20,28-29,33,37-39,42H,21-27,30H2,1-13H3,(H,62,68)(H,63,72)(H2,60,64,65,73,74)/t33-,37-,38+,39?,42?,56-/m0/s1. The number of ether oxygens (including phenoxy) is 5. The summed E-state index contributed by atoms with van der Waals surface area (Å²) in [5, 5.41) is 10.4. The number of aliphatic imine (C=N–C) groups is 1. The predicted molar refractivity (Wildman–Crippen MR) is 289 cm³/mol. The van der Waals surface area contributed by atoms with E-state index in [4.69, 9.17) is 33.0 Å². The van der Waals surface area contributed by atoms with Crippen LogP contribution in [0.3, 0.4) is 0 Å². The van der Waals surface area contributed by atoms with Crippen LogP contribution in [0.4, 0.5) is 23.2 Å². The monoisotopic (exact) mass is 1130 g/mol. The summed E-state index contributed by atoms with van der Waals surface area (Å²) < 4.78 is 73.3. The molecule has 5 aliphatic rings. The average molecular weight is 1130 g/mol. The number of imide groups is 1. The van der Waals surface area contributed by atoms with E-state index in [1.807, 2.05) is 13.0 Å². The fourth-order valence-corrected chi connectivity index (χ4v) is 10.5. The van der Waals surface area contributed by atoms with E-state index in [9.17, 15) is 28.8 Å². The third-order valence-electron chi connectivity index (χ3n) is 14.4. The number of piperazine rings is 1. The van der Waals surface area contributed by atoms with Gasteiger partial charge in [0.2, 0.25) is 11.9 Å². The smallest absolute Gasteiger partial charge is 0.482 e. The lowest BCUT2D eigenvalue weighted by atomic mass is 9.43. The maximum Gasteiger partial charge on any atom is 0.482 e. The van der Waals surface area contributed by atoms with Gasteiger partial charge in [-0.3, -0.25) is 29.6 Å². The Kier molecular flexibility index (Phi) is 18.1. The number of guanidine groups is 1. The largest absolute Gasteiger partial charge is 0.495 e. The van der Waals surface area contributed by atoms with Crippen LogP contribution in [0.15, 0.2) is 59.7 Å². The molecular weight excluding hydrogens is 1060 g/mol. The molecule has 25 heteroatoms. The highest BCUT2D eigenvalue weighted by Gasteiger charge is 2.68. The molecule has 4 N–H and O–H groups in total. The van der Waals surface area contributed by atoms with E-state index in [0.717, 1.165) is 35.2 Å². The second-order valence-corrected chi connectivity index (χ2v) is 24.2. The number of rotatable bonds is 15. The van der Waals surface area contributed by atoms with Crippen LogP contribution in [-0.2, 0) is 50.9 Å². The van der Waals surface area contributed by atoms with Gasteiger partial charge in [-0.05, 0) is 123 Å². The van der Waals surface area contributed by atoms with Gasteiger partial charge in [0.25, 0.3) is 0 Å². The summed E-state index contributed by atoms with van der Waals surface area (Å²) in [6.07, 6.45) is 0.0283. The first-order valence-corrected chi connectivity index (χ1v) is 26.8. The number of hydrogen-bond acceptors (Lipinski definition) is 15. The van der Waals surface area contributed by atoms with Crippen LogP contribution in [0.25, 0.3) is 0 Å². The average Bonchev–Trinajstić information content (AvgIpc) is 3.99. The fraction of sp³-hybridized carbons (Fsp3) is 0.554. The van der Waals surface area contributed by atoms with Crippen LogP contribution in [0.1, 0.15) is 129 Å². The number of carbonyl (C=O) groups is 7. The molecule has 3 heterocycles. The first kappa shape index (κ1) is 61.2. The molecule has 3 aliphatic carbocycles. The fourth-order valence-electron chi connectivity index (χ4n) is 10.5. The van der Waals surface area contributed by atoms with Gasteiger partial charge in [-0.15, -0.1) is 4.99 Å². The molecule has 81 heavy (non-hydrogen) atoms. The number of esters is 1. The Labute approximate surface area is 470 Å². The van der Waals surface area contributed by atoms with Crippen molar-refractivity contribution < 1.29 is 75.3 Å². The molecular formula is C56H73BF2N8O14. The third kappa shape index (κ3) is 14.8. The van der Waals surface area contributed by atoms with Gasteiger partial charge in [0.05, 0.1) is 31.0 Å². The zero-order valence-corrected chi connectivity index (χ0v) is 48.1. The van der Waals surface area contributed by atoms with E-state index in [2.05, 4.69) is 45.1 Å². The Balaban J connectivity index is 1.16. The molecule has 6 atom stereocenters. The lowest BCUT2D eigenvalue weighted by Gasteiger charge is -2.64. The Bertz CT molecular complexity index is 2930. The maximum atomic E-state index is 16.6. The lowest BCUT2D eigenvalue weighted by molar-refractivity contribution is -0.199. The summed E-state index contributed by atoms with van der Waals surface area (Å²) >= 11 is 0. The summed E-state index contributed by atoms with van der Waals surface area (Å²) in [6, 6.07) is 9.15. The normalized spacial score (nSPS) is 21.4. The highest BCUT2D eigenvalue weighted by molar-refractivity contribution is 6.48. The van der Waals surface area contributed by atoms with Gasteiger partial charge >= 0.3 is 43.1 Å². The quantitative estimate of drug-likeness (QED) is 0.0307. The van der Waals surface area contributed by atoms with Gasteiger partial charge < -0.3 is 53.8 Å². The van der Waals surface area contributed by atoms with Crippen LogP contribution in [-0.4, -0.2) is 138 Å². The number of methoxy groups -OCH3 is 1. The topological polar surface area (TPSA) is 264 Å². The molecule has 2 bridgehead atoms. The van der Waals surface area contributed by atoms with E-state index in [0.29, 0.717) is 17.2 Å². The van der Waals surface area contributed by atoms with Crippen LogP contribution < -0.4 is 30.7 Å². The van der Waals surface area contributed by atoms with Crippen LogP contribution in [0, 0.1) is 28.9 Å². The summed E-state index contributed by atoms with van der Waals surface area (Å²) in [7, 11) is 0.0337. The summed E-state index contributed by atoms with van der Waals surface area (Å²) in [4.78, 5) is 105. The molecule has 3 saturated carbocycles. The molecule has 8 rings (SSSR count). The van der Waals surface area contributed by atoms with Crippen LogP contribution in [0.5, 0.6) is 11.5 Å². The number of nitrogens with zero attached hydrogens (tertiary/aromatic N) is 4. The van der Waals surface area contributed by atoms with Crippen molar-refractivity contribution in [3.63, 3.8) is 0 Å². The Morgan fingerprint density at radius 1 is 0.864 bits per heavy atom. The first-order chi connectivity index (χ1) is 37.8. The van der Waals surface area contributed by atoms with Crippen LogP contribution in [0.2, 0.25) is 0 Å². The highest BCUT2D eigenvalue weighted by atomic mass is 19.1. The number of pyridine rings is 1. The van der Waals surface area contributed by atoms with Crippen molar-refractivity contribution in [1.29, 1.82) is 0 Å². The van der Waals surface area contributed by atoms with E-state index in [-0.39, 0.29) is 67.0 Å². The van der Waals surface area contributed by atoms with Gasteiger partial charge in [0.15, 0.2) is 11.9 Å². The molecule has 2 aromatic carbocycles. The number of urea groups is 1. The molecule has 438 valence electrons. The van der Waals surface area contributed by atoms with Crippen molar-refractivity contribution in [2.75, 3.05) is 33.3 Å². The zero-order chi connectivity index (χ0) is 59.6. The minimum absolute atomic E-state index is 0.0205. The Morgan fingerprint density at radius 2 is 1.54 bits per heavy atom. The molecule has 0 radical (unpaired) electrons. The van der Waals surface area contributed by atoms with Crippen molar-refractivity contribution >= 4 is 55.0 Å². The van der Waals surface area contributed by atoms with Gasteiger partial charge in [0.1, 0.15) is 52.0 Å². The molecule has 0 spiro atoms. The highest BCUT2D eigenvalue weighted by Crippen LogP contribution is 2.65. The molecule has 5 fully saturated rings. The van der Waals surface area contributed by atoms with Gasteiger partial charge in [-0.1, -0.05) is 50.2 Å². The molecule has 22 nitrogen and oxygen atoms in total. The molecule has 2 unspecified atom stereocenters. The van der Waals surface area contributed by atoms with Crippen molar-refractivity contribution in [2.24, 2.45) is 22.2 Å². The number of hydrogen-bond donors (Lipinski definition) is 4. The van der Waals surface area contributed by atoms with Crippen molar-refractivity contribution in [3.05, 3.63) is 88.7 Å². The number of alkyl carbamates (subject to hydrolysis) is 1. The number of aromatic nitrogens is 1. The number of carbonyl (C=O) groups excluding carboxylic acids is 7. The van der Waals surface area contributed by atoms with Crippen molar-refractivity contribution in [3.8, 4) is 11.5 Å². The Morgan fingerprint density at radius 3 is 2.17 bits per heavy atom. The third-order valence-corrected chi connectivity index (χ3v) is 14.4. The van der Waals surface area contributed by atoms with Gasteiger partial charge in [0, 0.05) is 32.2 Å². The maximum absolute atomic E-state index is 16.6. The van der Waals surface area contributed by atoms with Gasteiger partial charge in [-0.2, -0.15) is 0 Å². The Hall–Kier alpha value is -7.41. The molecule has 2 saturated heterocycles. The van der Waals surface area contributed by atoms with Gasteiger partial charge in [-0.25, -0.2) is 28.0 Å². The summed E-state index contributed by atoms with van der Waals surface area (Å²) in [5.41, 5.74) is -3.90. The molecule has 7 amide bonds. The van der Waals surface area contributed by atoms with Crippen LogP contribution >= 0.6 is 0 Å². The molecule has 2 aliphatic heterocycles. The number of benzene rings is 2. The predicted octanol–water partition coefficient (Wildman–Crippen LogP) is 6.72. The van der Waals surface area contributed by atoms with Crippen molar-refractivity contribution in [2.45, 2.75) is 149 Å². The van der Waals surface area contributed by atoms with Crippen molar-refractivity contribution in [1.82, 2.24) is 36.1 Å². The van der Waals surface area contributed by atoms with E-state index in [1.165, 1.54) is 13.2 Å². The number of nitrogens with one attached hydrogen (secondary N) is 4. The second kappa shape index (κ2) is 24.0. The SMILES string of the molecule is COc1c(CC(NC(=O)C(NC(=O)N2CCN(CCN/C(=N/C(=O)OC(C)(C)C)NC(=O)OC(C)(C)C)C(=O)C2=O)c2ncc(OCc3ccccc3)cc2F)B2O[C@@H]3C[C@@H]4C[C@@H](C4(C)C)[C@]3(C)O2)ccc(F)c1C(=O)OC(C)(C)C. The lowest BCUT2D eigenvalue weighted by Crippen LogP contribution is -2.65. The summed E-state index contributed by atoms with van der Waals surface area (Å²) in [6.45, 7) is 19.9. The molecule has 1 aromatic heterocycles. The van der Waals surface area contributed by atoms with E-state index in [1.54, 1.807) is 86.6 Å². The van der Waals surface area contributed by atoms with E-state index < -0.39 is 119 Å². The second-order valence-electron chi connectivity index (χ2n) is 24.2. The minimum Gasteiger partial charge on any atom is -0.495 e. The van der Waals surface area contributed by atoms with E-state index >= 15 is 13.6 Å². The summed E-state index contributed by atoms with van der Waals surface area (Å²) in [5.74, 6) is -7.97. The number of halogens is 2. The zero-order valence-electron chi connectivity index (χ0n) is 48.1. The molecule has 3 aromatic rings. The minimum atomic E-state index is -2.02.